The summed E-state index contributed by atoms with van der Waals surface area (Å²) >= 11 is 0. The maximum absolute atomic E-state index is 13.9. The van der Waals surface area contributed by atoms with Gasteiger partial charge in [0.15, 0.2) is 36.2 Å². The number of rotatable bonds is 20. The number of hydrogen-bond acceptors (Lipinski definition) is 14. The fourth-order valence-electron chi connectivity index (χ4n) is 8.76. The SMILES string of the molecule is CO[C@](C)(C[C@@H](C)[C@H](O)C(C)=O)C[C@H](C)[C@H](O[C@@H]1C[C@@](C)(OC)[C@@H](OC(=O)c2ccccc2)[C@H](C)O1)[C@@](C)(O[C@@H]1O[C@H](C)C[C@H](N(C)C)[C@H]1OC(=O)c1ccccc1)C(=O)O. The molecule has 2 fully saturated rings. The summed E-state index contributed by atoms with van der Waals surface area (Å²) in [6.45, 7) is 13.4. The van der Waals surface area contributed by atoms with Gasteiger partial charge in [-0.2, -0.15) is 0 Å². The topological polar surface area (TPSA) is 186 Å². The predicted octanol–water partition coefficient (Wildman–Crippen LogP) is 5.70. The van der Waals surface area contributed by atoms with Crippen LogP contribution in [0.1, 0.15) is 102 Å². The lowest BCUT2D eigenvalue weighted by Crippen LogP contribution is -2.64. The summed E-state index contributed by atoms with van der Waals surface area (Å²) in [4.78, 5) is 54.7. The lowest BCUT2D eigenvalue weighted by Gasteiger charge is -2.50. The number of nitrogens with zero attached hydrogens (tertiary/aromatic N) is 1. The Morgan fingerprint density at radius 1 is 0.885 bits per heavy atom. The van der Waals surface area contributed by atoms with E-state index in [4.69, 9.17) is 37.9 Å². The Kier molecular flexibility index (Phi) is 17.2. The predicted molar refractivity (Wildman–Crippen MR) is 224 cm³/mol. The highest BCUT2D eigenvalue weighted by Gasteiger charge is 2.56. The van der Waals surface area contributed by atoms with Gasteiger partial charge in [0.1, 0.15) is 17.8 Å². The number of ether oxygens (including phenoxy) is 8. The molecule has 0 spiro atoms. The number of likely N-dealkylation sites (N-methyl/N-ethyl adjacent to an activating group) is 1. The number of aliphatic carboxylic acids is 1. The van der Waals surface area contributed by atoms with Crippen LogP contribution in [0, 0.1) is 11.8 Å². The van der Waals surface area contributed by atoms with Gasteiger partial charge in [0.05, 0.1) is 35.0 Å². The van der Waals surface area contributed by atoms with Gasteiger partial charge in [-0.25, -0.2) is 14.4 Å². The van der Waals surface area contributed by atoms with Crippen LogP contribution >= 0.6 is 0 Å². The zero-order valence-corrected chi connectivity index (χ0v) is 37.7. The zero-order valence-electron chi connectivity index (χ0n) is 37.7. The Bertz CT molecular complexity index is 1760. The van der Waals surface area contributed by atoms with Gasteiger partial charge in [0.25, 0.3) is 0 Å². The number of Topliss-reactive ketones (excluding diaryl/α,β-unsaturated/α-hetero) is 1. The van der Waals surface area contributed by atoms with Gasteiger partial charge in [-0.05, 0) is 111 Å². The third kappa shape index (κ3) is 12.2. The van der Waals surface area contributed by atoms with E-state index < -0.39 is 102 Å². The van der Waals surface area contributed by atoms with Crippen LogP contribution in [-0.2, 0) is 47.5 Å². The van der Waals surface area contributed by atoms with Crippen LogP contribution in [-0.4, -0.2) is 139 Å². The molecule has 0 bridgehead atoms. The molecule has 14 atom stereocenters. The van der Waals surface area contributed by atoms with E-state index in [1.54, 1.807) is 88.4 Å². The minimum atomic E-state index is -2.21. The number of benzene rings is 2. The molecule has 2 aliphatic rings. The lowest BCUT2D eigenvalue weighted by atomic mass is 9.78. The summed E-state index contributed by atoms with van der Waals surface area (Å²) in [7, 11) is 6.67. The maximum atomic E-state index is 13.9. The van der Waals surface area contributed by atoms with E-state index in [0.29, 0.717) is 17.5 Å². The molecule has 2 aliphatic heterocycles. The second-order valence-corrected chi connectivity index (χ2v) is 17.7. The van der Waals surface area contributed by atoms with Crippen LogP contribution in [0.5, 0.6) is 0 Å². The van der Waals surface area contributed by atoms with Crippen molar-refractivity contribution in [2.24, 2.45) is 11.8 Å². The Balaban J connectivity index is 1.75. The first-order valence-corrected chi connectivity index (χ1v) is 20.9. The van der Waals surface area contributed by atoms with Crippen LogP contribution < -0.4 is 0 Å². The van der Waals surface area contributed by atoms with Crippen LogP contribution in [0.3, 0.4) is 0 Å². The van der Waals surface area contributed by atoms with Crippen LogP contribution in [0.4, 0.5) is 0 Å². The minimum Gasteiger partial charge on any atom is -0.479 e. The number of hydrogen-bond donors (Lipinski definition) is 2. The molecule has 2 heterocycles. The molecule has 61 heavy (non-hydrogen) atoms. The molecule has 4 rings (SSSR count). The first-order valence-electron chi connectivity index (χ1n) is 20.9. The first kappa shape index (κ1) is 49.9. The zero-order chi connectivity index (χ0) is 45.4. The molecule has 0 aliphatic carbocycles. The van der Waals surface area contributed by atoms with E-state index in [-0.39, 0.29) is 25.0 Å². The molecule has 340 valence electrons. The Labute approximate surface area is 360 Å². The smallest absolute Gasteiger partial charge is 0.338 e. The molecular formula is C46H67NO14. The van der Waals surface area contributed by atoms with Crippen molar-refractivity contribution in [1.29, 1.82) is 0 Å². The number of carbonyl (C=O) groups excluding carboxylic acids is 3. The Morgan fingerprint density at radius 2 is 1.43 bits per heavy atom. The fraction of sp³-hybridized carbons (Fsp3) is 0.652. The number of carboxylic acid groups (broad SMARTS) is 1. The van der Waals surface area contributed by atoms with E-state index in [2.05, 4.69) is 0 Å². The molecule has 2 aromatic carbocycles. The quantitative estimate of drug-likeness (QED) is 0.155. The highest BCUT2D eigenvalue weighted by Crippen LogP contribution is 2.42. The average Bonchev–Trinajstić information content (AvgIpc) is 3.21. The molecule has 0 radical (unpaired) electrons. The normalized spacial score (nSPS) is 29.6. The van der Waals surface area contributed by atoms with Gasteiger partial charge in [0.2, 0.25) is 0 Å². The highest BCUT2D eigenvalue weighted by atomic mass is 16.7. The molecule has 0 amide bonds. The summed E-state index contributed by atoms with van der Waals surface area (Å²) in [5.41, 5.74) is -3.70. The largest absolute Gasteiger partial charge is 0.479 e. The van der Waals surface area contributed by atoms with E-state index in [1.165, 1.54) is 28.1 Å². The van der Waals surface area contributed by atoms with Crippen LogP contribution in [0.15, 0.2) is 60.7 Å². The van der Waals surface area contributed by atoms with Gasteiger partial charge < -0.3 is 53.0 Å². The Hall–Kier alpha value is -3.80. The fourth-order valence-corrected chi connectivity index (χ4v) is 8.76. The van der Waals surface area contributed by atoms with Gasteiger partial charge in [0, 0.05) is 20.6 Å². The van der Waals surface area contributed by atoms with Gasteiger partial charge in [-0.15, -0.1) is 0 Å². The number of ketones is 1. The summed E-state index contributed by atoms with van der Waals surface area (Å²) in [6, 6.07) is 16.6. The molecular weight excluding hydrogens is 790 g/mol. The monoisotopic (exact) mass is 857 g/mol. The number of aliphatic hydroxyl groups is 1. The third-order valence-corrected chi connectivity index (χ3v) is 12.3. The lowest BCUT2D eigenvalue weighted by molar-refractivity contribution is -0.334. The number of methoxy groups -OCH3 is 2. The van der Waals surface area contributed by atoms with Crippen molar-refractivity contribution in [1.82, 2.24) is 4.90 Å². The molecule has 0 saturated carbocycles. The summed E-state index contributed by atoms with van der Waals surface area (Å²) in [6.07, 6.45) is -7.32. The number of aliphatic hydroxyl groups excluding tert-OH is 1. The van der Waals surface area contributed by atoms with Crippen molar-refractivity contribution < 1.29 is 67.3 Å². The van der Waals surface area contributed by atoms with Crippen molar-refractivity contribution in [2.45, 2.75) is 153 Å². The molecule has 2 saturated heterocycles. The van der Waals surface area contributed by atoms with Gasteiger partial charge >= 0.3 is 17.9 Å². The third-order valence-electron chi connectivity index (χ3n) is 12.3. The molecule has 0 aromatic heterocycles. The number of carboxylic acids is 1. The van der Waals surface area contributed by atoms with Gasteiger partial charge in [-0.1, -0.05) is 50.2 Å². The van der Waals surface area contributed by atoms with Gasteiger partial charge in [-0.3, -0.25) is 4.79 Å². The molecule has 0 unspecified atom stereocenters. The maximum Gasteiger partial charge on any atom is 0.338 e. The Morgan fingerprint density at radius 3 is 1.92 bits per heavy atom. The molecule has 15 heteroatoms. The van der Waals surface area contributed by atoms with Crippen molar-refractivity contribution in [2.75, 3.05) is 28.3 Å². The number of carbonyl (C=O) groups is 4. The van der Waals surface area contributed by atoms with Crippen LogP contribution in [0.25, 0.3) is 0 Å². The molecule has 2 N–H and O–H groups in total. The van der Waals surface area contributed by atoms with Crippen LogP contribution in [0.2, 0.25) is 0 Å². The van der Waals surface area contributed by atoms with E-state index >= 15 is 0 Å². The second-order valence-electron chi connectivity index (χ2n) is 17.7. The average molecular weight is 858 g/mol. The second kappa shape index (κ2) is 21.0. The van der Waals surface area contributed by atoms with Crippen molar-refractivity contribution in [3.8, 4) is 0 Å². The van der Waals surface area contributed by atoms with E-state index in [9.17, 15) is 29.4 Å². The molecule has 15 nitrogen and oxygen atoms in total. The van der Waals surface area contributed by atoms with Crippen molar-refractivity contribution in [3.05, 3.63) is 71.8 Å². The first-order chi connectivity index (χ1) is 28.6. The summed E-state index contributed by atoms with van der Waals surface area (Å²) in [5.74, 6) is -4.17. The van der Waals surface area contributed by atoms with Crippen molar-refractivity contribution >= 4 is 23.7 Å². The summed E-state index contributed by atoms with van der Waals surface area (Å²) < 4.78 is 50.4. The minimum absolute atomic E-state index is 0.0137. The standard InChI is InChI=1S/C46H67NO14/c1-27(36(49)30(4)48)24-44(6,54-11)25-28(2)38(58-35-26-45(7,55-12)39(31(5)57-35)60-41(51)33-21-17-14-18-22-33)46(8,43(52)53)61-42-37(34(47(9)10)23-29(3)56-42)59-40(50)32-19-15-13-16-20-32/h13-22,27-29,31,34-39,42,49H,23-26H2,1-12H3,(H,52,53)/t27-,28+,29-,31+,34+,35-,36+,37-,38+,39+,42+,44-,45-,46-/m1/s1. The van der Waals surface area contributed by atoms with Crippen molar-refractivity contribution in [3.63, 3.8) is 0 Å². The summed E-state index contributed by atoms with van der Waals surface area (Å²) in [5, 5.41) is 21.9. The van der Waals surface area contributed by atoms with E-state index in [1.807, 2.05) is 32.8 Å². The molecule has 2 aromatic rings. The number of esters is 2. The highest BCUT2D eigenvalue weighted by molar-refractivity contribution is 5.90. The van der Waals surface area contributed by atoms with E-state index in [0.717, 1.165) is 0 Å².